The van der Waals surface area contributed by atoms with Gasteiger partial charge in [-0.3, -0.25) is 0 Å². The molecule has 0 aromatic carbocycles. The van der Waals surface area contributed by atoms with E-state index in [-0.39, 0.29) is 0 Å². The number of aromatic nitrogens is 2. The minimum absolute atomic E-state index is 0.916. The van der Waals surface area contributed by atoms with Crippen molar-refractivity contribution in [1.82, 2.24) is 15.3 Å². The summed E-state index contributed by atoms with van der Waals surface area (Å²) in [6.45, 7) is 1.98. The molecule has 0 unspecified atom stereocenters. The van der Waals surface area contributed by atoms with Crippen LogP contribution < -0.4 is 5.32 Å². The Balaban J connectivity index is 1.53. The van der Waals surface area contributed by atoms with Crippen LogP contribution in [0.25, 0.3) is 11.0 Å². The van der Waals surface area contributed by atoms with Crippen LogP contribution in [0.1, 0.15) is 31.2 Å². The number of hydrogen-bond acceptors (Lipinski definition) is 2. The van der Waals surface area contributed by atoms with Crippen LogP contribution in [-0.4, -0.2) is 16.5 Å². The number of nitrogens with zero attached hydrogens (tertiary/aromatic N) is 1. The Morgan fingerprint density at radius 1 is 1.39 bits per heavy atom. The van der Waals surface area contributed by atoms with Gasteiger partial charge in [-0.05, 0) is 49.9 Å². The van der Waals surface area contributed by atoms with E-state index in [4.69, 9.17) is 0 Å². The topological polar surface area (TPSA) is 40.7 Å². The van der Waals surface area contributed by atoms with E-state index in [0.717, 1.165) is 18.7 Å². The molecule has 2 aromatic rings. The van der Waals surface area contributed by atoms with Gasteiger partial charge in [0, 0.05) is 24.3 Å². The quantitative estimate of drug-likeness (QED) is 0.623. The second kappa shape index (κ2) is 5.36. The number of allylic oxidation sites excluding steroid dienone is 1. The fourth-order valence-electron chi connectivity index (χ4n) is 2.60. The van der Waals surface area contributed by atoms with Crippen LogP contribution in [0.3, 0.4) is 0 Å². The highest BCUT2D eigenvalue weighted by Crippen LogP contribution is 2.20. The summed E-state index contributed by atoms with van der Waals surface area (Å²) >= 11 is 0. The lowest BCUT2D eigenvalue weighted by atomic mass is 10.1. The lowest BCUT2D eigenvalue weighted by Gasteiger charge is -2.04. The number of rotatable bonds is 5. The molecule has 0 atom stereocenters. The fraction of sp³-hybridized carbons (Fsp3) is 0.400. The fourth-order valence-corrected chi connectivity index (χ4v) is 2.60. The maximum atomic E-state index is 4.30. The smallest absolute Gasteiger partial charge is 0.137 e. The third-order valence-corrected chi connectivity index (χ3v) is 3.61. The van der Waals surface area contributed by atoms with Crippen molar-refractivity contribution in [1.29, 1.82) is 0 Å². The molecule has 1 aliphatic rings. The number of nitrogens with one attached hydrogen (secondary N) is 2. The first-order valence-electron chi connectivity index (χ1n) is 6.73. The standard InChI is InChI=1S/C15H19N3/c1-2-5-12(4-1)7-9-16-10-13-11-18-15-14(13)6-3-8-17-15/h3-4,6,8,11,16H,1-2,5,7,9-10H2,(H,17,18). The molecule has 0 aliphatic heterocycles. The molecule has 1 aliphatic carbocycles. The van der Waals surface area contributed by atoms with Crippen molar-refractivity contribution in [2.45, 2.75) is 32.2 Å². The van der Waals surface area contributed by atoms with E-state index in [1.807, 2.05) is 12.3 Å². The molecule has 3 nitrogen and oxygen atoms in total. The molecule has 3 rings (SSSR count). The SMILES string of the molecule is C1=C(CCNCc2c[nH]c3ncccc23)CCC1. The predicted molar refractivity (Wildman–Crippen MR) is 74.4 cm³/mol. The van der Waals surface area contributed by atoms with E-state index >= 15 is 0 Å². The van der Waals surface area contributed by atoms with Crippen molar-refractivity contribution in [2.75, 3.05) is 6.54 Å². The van der Waals surface area contributed by atoms with Crippen LogP contribution in [0.4, 0.5) is 0 Å². The summed E-state index contributed by atoms with van der Waals surface area (Å²) in [7, 11) is 0. The maximum absolute atomic E-state index is 4.30. The van der Waals surface area contributed by atoms with Crippen molar-refractivity contribution in [2.24, 2.45) is 0 Å². The summed E-state index contributed by atoms with van der Waals surface area (Å²) in [5, 5.41) is 4.75. The van der Waals surface area contributed by atoms with Crippen LogP contribution in [0.2, 0.25) is 0 Å². The zero-order valence-electron chi connectivity index (χ0n) is 10.6. The van der Waals surface area contributed by atoms with Gasteiger partial charge in [0.1, 0.15) is 5.65 Å². The second-order valence-corrected chi connectivity index (χ2v) is 4.89. The highest BCUT2D eigenvalue weighted by atomic mass is 14.9. The van der Waals surface area contributed by atoms with Gasteiger partial charge < -0.3 is 10.3 Å². The lowest BCUT2D eigenvalue weighted by Crippen LogP contribution is -2.14. The Hall–Kier alpha value is -1.61. The van der Waals surface area contributed by atoms with Crippen molar-refractivity contribution in [3.05, 3.63) is 41.7 Å². The monoisotopic (exact) mass is 241 g/mol. The van der Waals surface area contributed by atoms with E-state index in [1.165, 1.54) is 36.6 Å². The molecule has 2 aromatic heterocycles. The Morgan fingerprint density at radius 2 is 2.39 bits per heavy atom. The summed E-state index contributed by atoms with van der Waals surface area (Å²) in [6.07, 6.45) is 11.4. The number of hydrogen-bond donors (Lipinski definition) is 2. The Morgan fingerprint density at radius 3 is 3.28 bits per heavy atom. The maximum Gasteiger partial charge on any atom is 0.137 e. The average molecular weight is 241 g/mol. The van der Waals surface area contributed by atoms with Crippen LogP contribution in [0.5, 0.6) is 0 Å². The molecule has 0 amide bonds. The predicted octanol–water partition coefficient (Wildman–Crippen LogP) is 3.15. The number of aromatic amines is 1. The van der Waals surface area contributed by atoms with Crippen molar-refractivity contribution in [3.8, 4) is 0 Å². The first kappa shape index (κ1) is 11.5. The van der Waals surface area contributed by atoms with Gasteiger partial charge in [0.25, 0.3) is 0 Å². The summed E-state index contributed by atoms with van der Waals surface area (Å²) in [6, 6.07) is 4.11. The van der Waals surface area contributed by atoms with Gasteiger partial charge in [0.05, 0.1) is 0 Å². The Bertz CT molecular complexity index is 554. The molecule has 0 fully saturated rings. The number of H-pyrrole nitrogens is 1. The van der Waals surface area contributed by atoms with Crippen LogP contribution >= 0.6 is 0 Å². The molecule has 0 spiro atoms. The minimum atomic E-state index is 0.916. The van der Waals surface area contributed by atoms with Gasteiger partial charge in [-0.1, -0.05) is 11.6 Å². The normalized spacial score (nSPS) is 15.2. The molecule has 0 bridgehead atoms. The third kappa shape index (κ3) is 2.46. The van der Waals surface area contributed by atoms with Crippen LogP contribution in [-0.2, 0) is 6.54 Å². The second-order valence-electron chi connectivity index (χ2n) is 4.89. The van der Waals surface area contributed by atoms with E-state index in [1.54, 1.807) is 5.57 Å². The Labute approximate surface area is 107 Å². The summed E-state index contributed by atoms with van der Waals surface area (Å²) < 4.78 is 0. The molecular weight excluding hydrogens is 222 g/mol. The molecule has 3 heteroatoms. The molecule has 0 saturated heterocycles. The minimum Gasteiger partial charge on any atom is -0.346 e. The molecule has 18 heavy (non-hydrogen) atoms. The average Bonchev–Trinajstić information content (AvgIpc) is 3.04. The largest absolute Gasteiger partial charge is 0.346 e. The highest BCUT2D eigenvalue weighted by molar-refractivity contribution is 5.79. The molecule has 0 saturated carbocycles. The first-order valence-corrected chi connectivity index (χ1v) is 6.73. The van der Waals surface area contributed by atoms with Crippen molar-refractivity contribution < 1.29 is 0 Å². The molecular formula is C15H19N3. The van der Waals surface area contributed by atoms with Gasteiger partial charge in [0.2, 0.25) is 0 Å². The van der Waals surface area contributed by atoms with Crippen molar-refractivity contribution in [3.63, 3.8) is 0 Å². The summed E-state index contributed by atoms with van der Waals surface area (Å²) in [4.78, 5) is 7.51. The number of fused-ring (bicyclic) bond motifs is 1. The zero-order valence-corrected chi connectivity index (χ0v) is 10.6. The number of pyridine rings is 1. The Kier molecular flexibility index (Phi) is 3.42. The third-order valence-electron chi connectivity index (χ3n) is 3.61. The van der Waals surface area contributed by atoms with Crippen LogP contribution in [0, 0.1) is 0 Å². The summed E-state index contributed by atoms with van der Waals surface area (Å²) in [5.74, 6) is 0. The van der Waals surface area contributed by atoms with Gasteiger partial charge >= 0.3 is 0 Å². The molecule has 0 radical (unpaired) electrons. The highest BCUT2D eigenvalue weighted by Gasteiger charge is 2.05. The van der Waals surface area contributed by atoms with Crippen molar-refractivity contribution >= 4 is 11.0 Å². The zero-order chi connectivity index (χ0) is 12.2. The van der Waals surface area contributed by atoms with Crippen LogP contribution in [0.15, 0.2) is 36.2 Å². The van der Waals surface area contributed by atoms with E-state index in [2.05, 4.69) is 33.6 Å². The molecule has 2 N–H and O–H groups in total. The summed E-state index contributed by atoms with van der Waals surface area (Å²) in [5.41, 5.74) is 3.91. The lowest BCUT2D eigenvalue weighted by molar-refractivity contribution is 0.678. The van der Waals surface area contributed by atoms with Gasteiger partial charge in [-0.15, -0.1) is 0 Å². The van der Waals surface area contributed by atoms with Gasteiger partial charge in [-0.25, -0.2) is 4.98 Å². The van der Waals surface area contributed by atoms with Gasteiger partial charge in [0.15, 0.2) is 0 Å². The van der Waals surface area contributed by atoms with E-state index in [0.29, 0.717) is 0 Å². The van der Waals surface area contributed by atoms with E-state index < -0.39 is 0 Å². The first-order chi connectivity index (χ1) is 8.93. The molecule has 2 heterocycles. The van der Waals surface area contributed by atoms with Gasteiger partial charge in [-0.2, -0.15) is 0 Å². The van der Waals surface area contributed by atoms with E-state index in [9.17, 15) is 0 Å². The molecule has 94 valence electrons.